The number of anilines is 1. The van der Waals surface area contributed by atoms with E-state index >= 15 is 0 Å². The van der Waals surface area contributed by atoms with Crippen LogP contribution in [0.3, 0.4) is 0 Å². The molecule has 0 spiro atoms. The van der Waals surface area contributed by atoms with Gasteiger partial charge in [-0.3, -0.25) is 5.32 Å². The number of nitrogens with zero attached hydrogens (tertiary/aromatic N) is 2. The Bertz CT molecular complexity index is 664. The van der Waals surface area contributed by atoms with Crippen LogP contribution in [0.4, 0.5) is 19.4 Å². The van der Waals surface area contributed by atoms with E-state index in [0.717, 1.165) is 6.07 Å². The zero-order chi connectivity index (χ0) is 17.0. The number of aromatic nitrogens is 2. The molecule has 2 N–H and O–H groups in total. The first kappa shape index (κ1) is 16.9. The van der Waals surface area contributed by atoms with Gasteiger partial charge in [-0.2, -0.15) is 5.10 Å². The SMILES string of the molecule is CC(C)Cn1nccc1NC(=O)NC(C)c1cc(F)cc(F)c1. The first-order valence-corrected chi connectivity index (χ1v) is 7.40. The lowest BCUT2D eigenvalue weighted by Crippen LogP contribution is -2.32. The van der Waals surface area contributed by atoms with Crippen LogP contribution in [0.1, 0.15) is 32.4 Å². The third kappa shape index (κ3) is 4.77. The van der Waals surface area contributed by atoms with Crippen LogP contribution in [-0.4, -0.2) is 15.8 Å². The third-order valence-electron chi connectivity index (χ3n) is 3.23. The lowest BCUT2D eigenvalue weighted by molar-refractivity contribution is 0.249. The summed E-state index contributed by atoms with van der Waals surface area (Å²) in [6.45, 7) is 6.42. The van der Waals surface area contributed by atoms with Gasteiger partial charge in [0.25, 0.3) is 0 Å². The Kier molecular flexibility index (Phi) is 5.31. The third-order valence-corrected chi connectivity index (χ3v) is 3.23. The van der Waals surface area contributed by atoms with Crippen molar-refractivity contribution in [1.29, 1.82) is 0 Å². The molecule has 1 atom stereocenters. The Morgan fingerprint density at radius 1 is 1.22 bits per heavy atom. The number of urea groups is 1. The van der Waals surface area contributed by atoms with Crippen molar-refractivity contribution in [3.8, 4) is 0 Å². The molecule has 0 saturated heterocycles. The molecule has 0 fully saturated rings. The molecule has 2 rings (SSSR count). The van der Waals surface area contributed by atoms with Crippen molar-refractivity contribution in [2.45, 2.75) is 33.4 Å². The van der Waals surface area contributed by atoms with Crippen molar-refractivity contribution in [1.82, 2.24) is 15.1 Å². The highest BCUT2D eigenvalue weighted by Crippen LogP contribution is 2.16. The molecule has 1 aromatic heterocycles. The zero-order valence-corrected chi connectivity index (χ0v) is 13.3. The normalized spacial score (nSPS) is 12.3. The van der Waals surface area contributed by atoms with Crippen molar-refractivity contribution in [3.63, 3.8) is 0 Å². The van der Waals surface area contributed by atoms with Crippen molar-refractivity contribution in [2.75, 3.05) is 5.32 Å². The van der Waals surface area contributed by atoms with Gasteiger partial charge in [-0.15, -0.1) is 0 Å². The van der Waals surface area contributed by atoms with Crippen molar-refractivity contribution in [2.24, 2.45) is 5.92 Å². The minimum atomic E-state index is -0.677. The summed E-state index contributed by atoms with van der Waals surface area (Å²) in [4.78, 5) is 12.1. The number of halogens is 2. The Morgan fingerprint density at radius 2 is 1.87 bits per heavy atom. The van der Waals surface area contributed by atoms with E-state index in [0.29, 0.717) is 23.8 Å². The van der Waals surface area contributed by atoms with E-state index in [1.807, 2.05) is 13.8 Å². The summed E-state index contributed by atoms with van der Waals surface area (Å²) in [6, 6.07) is 3.86. The molecule has 2 amide bonds. The monoisotopic (exact) mass is 322 g/mol. The molecule has 124 valence electrons. The quantitative estimate of drug-likeness (QED) is 0.882. The van der Waals surface area contributed by atoms with Gasteiger partial charge in [0, 0.05) is 18.7 Å². The standard InChI is InChI=1S/C16H20F2N4O/c1-10(2)9-22-15(4-5-19-22)21-16(23)20-11(3)12-6-13(17)8-14(18)7-12/h4-8,10-11H,9H2,1-3H3,(H2,20,21,23). The summed E-state index contributed by atoms with van der Waals surface area (Å²) in [7, 11) is 0. The highest BCUT2D eigenvalue weighted by Gasteiger charge is 2.13. The first-order chi connectivity index (χ1) is 10.8. The molecule has 1 heterocycles. The first-order valence-electron chi connectivity index (χ1n) is 7.40. The Labute approximate surface area is 133 Å². The van der Waals surface area contributed by atoms with Crippen LogP contribution in [-0.2, 0) is 6.54 Å². The predicted molar refractivity (Wildman–Crippen MR) is 84.0 cm³/mol. The maximum absolute atomic E-state index is 13.2. The second-order valence-corrected chi connectivity index (χ2v) is 5.82. The van der Waals surface area contributed by atoms with Gasteiger partial charge in [0.15, 0.2) is 0 Å². The Hall–Kier alpha value is -2.44. The van der Waals surface area contributed by atoms with E-state index in [9.17, 15) is 13.6 Å². The molecule has 0 aliphatic rings. The number of benzene rings is 1. The molecule has 1 aromatic carbocycles. The summed E-state index contributed by atoms with van der Waals surface area (Å²) in [6.07, 6.45) is 1.60. The highest BCUT2D eigenvalue weighted by molar-refractivity contribution is 5.88. The number of carbonyl (C=O) groups is 1. The van der Waals surface area contributed by atoms with E-state index in [4.69, 9.17) is 0 Å². The molecule has 1 unspecified atom stereocenters. The van der Waals surface area contributed by atoms with E-state index in [2.05, 4.69) is 15.7 Å². The van der Waals surface area contributed by atoms with Crippen LogP contribution < -0.4 is 10.6 Å². The smallest absolute Gasteiger partial charge is 0.320 e. The molecule has 0 bridgehead atoms. The van der Waals surface area contributed by atoms with Gasteiger partial charge in [0.1, 0.15) is 17.5 Å². The second kappa shape index (κ2) is 7.21. The van der Waals surface area contributed by atoms with E-state index < -0.39 is 23.7 Å². The lowest BCUT2D eigenvalue weighted by atomic mass is 10.1. The number of nitrogens with one attached hydrogen (secondary N) is 2. The molecule has 5 nitrogen and oxygen atoms in total. The van der Waals surface area contributed by atoms with Gasteiger partial charge in [-0.25, -0.2) is 18.3 Å². The van der Waals surface area contributed by atoms with Crippen molar-refractivity contribution < 1.29 is 13.6 Å². The van der Waals surface area contributed by atoms with E-state index in [-0.39, 0.29) is 0 Å². The molecule has 0 saturated carbocycles. The molecular weight excluding hydrogens is 302 g/mol. The minimum Gasteiger partial charge on any atom is -0.331 e. The van der Waals surface area contributed by atoms with Gasteiger partial charge in [0.2, 0.25) is 0 Å². The summed E-state index contributed by atoms with van der Waals surface area (Å²) in [5.74, 6) is -0.408. The van der Waals surface area contributed by atoms with Gasteiger partial charge in [-0.1, -0.05) is 13.8 Å². The van der Waals surface area contributed by atoms with E-state index in [1.54, 1.807) is 23.9 Å². The van der Waals surface area contributed by atoms with Gasteiger partial charge in [-0.05, 0) is 30.5 Å². The van der Waals surface area contributed by atoms with Gasteiger partial charge in [0.05, 0.1) is 12.2 Å². The fourth-order valence-electron chi connectivity index (χ4n) is 2.19. The zero-order valence-electron chi connectivity index (χ0n) is 13.3. The van der Waals surface area contributed by atoms with Crippen LogP contribution in [0.2, 0.25) is 0 Å². The Balaban J connectivity index is 2.00. The largest absolute Gasteiger partial charge is 0.331 e. The van der Waals surface area contributed by atoms with Gasteiger partial charge >= 0.3 is 6.03 Å². The van der Waals surface area contributed by atoms with Crippen LogP contribution in [0, 0.1) is 17.6 Å². The molecule has 7 heteroatoms. The van der Waals surface area contributed by atoms with Crippen LogP contribution >= 0.6 is 0 Å². The van der Waals surface area contributed by atoms with Crippen LogP contribution in [0.15, 0.2) is 30.5 Å². The minimum absolute atomic E-state index is 0.355. The summed E-state index contributed by atoms with van der Waals surface area (Å²) < 4.78 is 28.1. The van der Waals surface area contributed by atoms with Crippen molar-refractivity contribution in [3.05, 3.63) is 47.7 Å². The molecular formula is C16H20F2N4O. The summed E-state index contributed by atoms with van der Waals surface area (Å²) in [5.41, 5.74) is 0.355. The number of carbonyl (C=O) groups excluding carboxylic acids is 1. The molecule has 0 aliphatic carbocycles. The maximum atomic E-state index is 13.2. The number of amides is 2. The molecule has 2 aromatic rings. The predicted octanol–water partition coefficient (Wildman–Crippen LogP) is 3.70. The summed E-state index contributed by atoms with van der Waals surface area (Å²) in [5, 5.41) is 9.48. The topological polar surface area (TPSA) is 59.0 Å². The van der Waals surface area contributed by atoms with Crippen molar-refractivity contribution >= 4 is 11.8 Å². The summed E-state index contributed by atoms with van der Waals surface area (Å²) >= 11 is 0. The fourth-order valence-corrected chi connectivity index (χ4v) is 2.19. The van der Waals surface area contributed by atoms with Gasteiger partial charge < -0.3 is 5.32 Å². The van der Waals surface area contributed by atoms with Crippen LogP contribution in [0.5, 0.6) is 0 Å². The maximum Gasteiger partial charge on any atom is 0.320 e. The second-order valence-electron chi connectivity index (χ2n) is 5.82. The lowest BCUT2D eigenvalue weighted by Gasteiger charge is -2.16. The Morgan fingerprint density at radius 3 is 2.48 bits per heavy atom. The molecule has 23 heavy (non-hydrogen) atoms. The number of hydrogen-bond acceptors (Lipinski definition) is 2. The molecule has 0 aliphatic heterocycles. The highest BCUT2D eigenvalue weighted by atomic mass is 19.1. The average molecular weight is 322 g/mol. The number of rotatable bonds is 5. The molecule has 0 radical (unpaired) electrons. The fraction of sp³-hybridized carbons (Fsp3) is 0.375. The number of hydrogen-bond donors (Lipinski definition) is 2. The van der Waals surface area contributed by atoms with Crippen LogP contribution in [0.25, 0.3) is 0 Å². The average Bonchev–Trinajstić information content (AvgIpc) is 2.83. The van der Waals surface area contributed by atoms with E-state index in [1.165, 1.54) is 12.1 Å².